The summed E-state index contributed by atoms with van der Waals surface area (Å²) in [4.78, 5) is 24.0. The molecule has 0 aromatic heterocycles. The van der Waals surface area contributed by atoms with Crippen LogP contribution in [-0.2, 0) is 17.9 Å². The lowest BCUT2D eigenvalue weighted by Gasteiger charge is -2.14. The summed E-state index contributed by atoms with van der Waals surface area (Å²) in [6.45, 7) is 3.37. The molecule has 0 bridgehead atoms. The molecule has 2 amide bonds. The zero-order valence-corrected chi connectivity index (χ0v) is 11.5. The van der Waals surface area contributed by atoms with Gasteiger partial charge in [-0.05, 0) is 43.0 Å². The fraction of sp³-hybridized carbons (Fsp3) is 0.467. The van der Waals surface area contributed by atoms with E-state index in [1.54, 1.807) is 6.92 Å². The number of fused-ring (bicyclic) bond motifs is 1. The molecule has 106 valence electrons. The summed E-state index contributed by atoms with van der Waals surface area (Å²) in [5.74, 6) is -0.304. The topological polar surface area (TPSA) is 70.2 Å². The van der Waals surface area contributed by atoms with Crippen molar-refractivity contribution in [2.75, 3.05) is 0 Å². The number of nitrogens with one attached hydrogen (secondary N) is 3. The van der Waals surface area contributed by atoms with Gasteiger partial charge in [-0.3, -0.25) is 9.59 Å². The van der Waals surface area contributed by atoms with E-state index in [4.69, 9.17) is 0 Å². The Balaban J connectivity index is 1.61. The molecular formula is C15H19N3O2. The highest BCUT2D eigenvalue weighted by atomic mass is 16.2. The number of carbonyl (C=O) groups excluding carboxylic acids is 2. The Bertz CT molecular complexity index is 552. The van der Waals surface area contributed by atoms with Crippen molar-refractivity contribution in [2.24, 2.45) is 0 Å². The second-order valence-electron chi connectivity index (χ2n) is 5.57. The van der Waals surface area contributed by atoms with Crippen molar-refractivity contribution >= 4 is 11.8 Å². The fourth-order valence-corrected chi connectivity index (χ4v) is 2.34. The molecule has 3 rings (SSSR count). The van der Waals surface area contributed by atoms with Crippen molar-refractivity contribution in [3.63, 3.8) is 0 Å². The zero-order valence-electron chi connectivity index (χ0n) is 11.5. The number of benzene rings is 1. The summed E-state index contributed by atoms with van der Waals surface area (Å²) in [6, 6.07) is 5.49. The minimum absolute atomic E-state index is 0.108. The van der Waals surface area contributed by atoms with Gasteiger partial charge in [-0.2, -0.15) is 0 Å². The first-order valence-electron chi connectivity index (χ1n) is 7.07. The Morgan fingerprint density at radius 2 is 2.00 bits per heavy atom. The lowest BCUT2D eigenvalue weighted by Crippen LogP contribution is -2.45. The monoisotopic (exact) mass is 273 g/mol. The summed E-state index contributed by atoms with van der Waals surface area (Å²) in [5.41, 5.74) is 3.01. The molecule has 1 atom stereocenters. The smallest absolute Gasteiger partial charge is 0.251 e. The Morgan fingerprint density at radius 3 is 2.75 bits per heavy atom. The van der Waals surface area contributed by atoms with E-state index in [0.717, 1.165) is 31.5 Å². The molecule has 5 heteroatoms. The van der Waals surface area contributed by atoms with Crippen LogP contribution in [0.5, 0.6) is 0 Å². The van der Waals surface area contributed by atoms with E-state index in [1.165, 1.54) is 5.56 Å². The largest absolute Gasteiger partial charge is 0.352 e. The van der Waals surface area contributed by atoms with Gasteiger partial charge in [0.05, 0.1) is 0 Å². The van der Waals surface area contributed by atoms with Gasteiger partial charge in [0.15, 0.2) is 0 Å². The summed E-state index contributed by atoms with van der Waals surface area (Å²) in [6.07, 6.45) is 2.09. The predicted octanol–water partition coefficient (Wildman–Crippen LogP) is 0.687. The van der Waals surface area contributed by atoms with Crippen molar-refractivity contribution in [1.82, 2.24) is 16.0 Å². The van der Waals surface area contributed by atoms with Gasteiger partial charge < -0.3 is 16.0 Å². The van der Waals surface area contributed by atoms with E-state index in [1.807, 2.05) is 18.2 Å². The second-order valence-corrected chi connectivity index (χ2v) is 5.57. The summed E-state index contributed by atoms with van der Waals surface area (Å²) >= 11 is 0. The number of rotatable bonds is 4. The Hall–Kier alpha value is -1.88. The molecule has 20 heavy (non-hydrogen) atoms. The highest BCUT2D eigenvalue weighted by molar-refractivity contribution is 5.97. The van der Waals surface area contributed by atoms with Crippen LogP contribution in [-0.4, -0.2) is 23.9 Å². The lowest BCUT2D eigenvalue weighted by atomic mass is 10.1. The van der Waals surface area contributed by atoms with Gasteiger partial charge in [-0.1, -0.05) is 6.07 Å². The quantitative estimate of drug-likeness (QED) is 0.756. The van der Waals surface area contributed by atoms with Crippen LogP contribution in [0.25, 0.3) is 0 Å². The third-order valence-corrected chi connectivity index (χ3v) is 3.76. The molecule has 0 spiro atoms. The van der Waals surface area contributed by atoms with Gasteiger partial charge in [-0.25, -0.2) is 0 Å². The highest BCUT2D eigenvalue weighted by Crippen LogP contribution is 2.19. The Labute approximate surface area is 118 Å². The average Bonchev–Trinajstić information content (AvgIpc) is 3.12. The first-order valence-corrected chi connectivity index (χ1v) is 7.07. The standard InChI is InChI=1S/C15H19N3O2/c1-9(14(19)18-13-4-5-13)17-15(20)10-2-3-11-7-16-8-12(11)6-10/h2-3,6,9,13,16H,4-5,7-8H2,1H3,(H,17,20)(H,18,19). The molecule has 1 saturated carbocycles. The lowest BCUT2D eigenvalue weighted by molar-refractivity contribution is -0.122. The van der Waals surface area contributed by atoms with E-state index >= 15 is 0 Å². The van der Waals surface area contributed by atoms with Crippen molar-refractivity contribution in [2.45, 2.75) is 44.9 Å². The number of carbonyl (C=O) groups is 2. The second kappa shape index (κ2) is 5.25. The molecule has 2 aliphatic rings. The molecule has 3 N–H and O–H groups in total. The Kier molecular flexibility index (Phi) is 3.44. The van der Waals surface area contributed by atoms with Gasteiger partial charge in [0.1, 0.15) is 6.04 Å². The third kappa shape index (κ3) is 2.82. The van der Waals surface area contributed by atoms with Crippen molar-refractivity contribution in [3.05, 3.63) is 34.9 Å². The molecule has 1 aliphatic heterocycles. The van der Waals surface area contributed by atoms with Crippen LogP contribution >= 0.6 is 0 Å². The van der Waals surface area contributed by atoms with Crippen LogP contribution in [0.15, 0.2) is 18.2 Å². The fourth-order valence-electron chi connectivity index (χ4n) is 2.34. The van der Waals surface area contributed by atoms with Crippen LogP contribution in [0.2, 0.25) is 0 Å². The summed E-state index contributed by atoms with van der Waals surface area (Å²) in [7, 11) is 0. The van der Waals surface area contributed by atoms with Gasteiger partial charge in [0, 0.05) is 24.7 Å². The minimum atomic E-state index is -0.505. The van der Waals surface area contributed by atoms with Crippen LogP contribution in [0.1, 0.15) is 41.3 Å². The van der Waals surface area contributed by atoms with E-state index in [9.17, 15) is 9.59 Å². The van der Waals surface area contributed by atoms with E-state index < -0.39 is 6.04 Å². The van der Waals surface area contributed by atoms with Crippen molar-refractivity contribution in [3.8, 4) is 0 Å². The molecule has 1 aromatic carbocycles. The molecule has 1 aliphatic carbocycles. The third-order valence-electron chi connectivity index (χ3n) is 3.76. The number of hydrogen-bond acceptors (Lipinski definition) is 3. The molecule has 0 radical (unpaired) electrons. The predicted molar refractivity (Wildman–Crippen MR) is 75.1 cm³/mol. The zero-order chi connectivity index (χ0) is 14.1. The average molecular weight is 273 g/mol. The highest BCUT2D eigenvalue weighted by Gasteiger charge is 2.26. The first kappa shape index (κ1) is 13.1. The van der Waals surface area contributed by atoms with Crippen molar-refractivity contribution in [1.29, 1.82) is 0 Å². The van der Waals surface area contributed by atoms with E-state index in [2.05, 4.69) is 16.0 Å². The summed E-state index contributed by atoms with van der Waals surface area (Å²) < 4.78 is 0. The Morgan fingerprint density at radius 1 is 1.25 bits per heavy atom. The first-order chi connectivity index (χ1) is 9.63. The SMILES string of the molecule is CC(NC(=O)c1ccc2c(c1)CNC2)C(=O)NC1CC1. The van der Waals surface area contributed by atoms with Gasteiger partial charge in [0.25, 0.3) is 5.91 Å². The molecule has 1 fully saturated rings. The molecule has 1 unspecified atom stereocenters. The molecule has 0 saturated heterocycles. The van der Waals surface area contributed by atoms with Gasteiger partial charge in [0.2, 0.25) is 5.91 Å². The molecular weight excluding hydrogens is 254 g/mol. The van der Waals surface area contributed by atoms with Crippen LogP contribution in [0, 0.1) is 0 Å². The maximum absolute atomic E-state index is 12.1. The number of amides is 2. The minimum Gasteiger partial charge on any atom is -0.352 e. The summed E-state index contributed by atoms with van der Waals surface area (Å²) in [5, 5.41) is 8.88. The number of hydrogen-bond donors (Lipinski definition) is 3. The van der Waals surface area contributed by atoms with Crippen LogP contribution < -0.4 is 16.0 Å². The van der Waals surface area contributed by atoms with Crippen LogP contribution in [0.4, 0.5) is 0 Å². The molecule has 5 nitrogen and oxygen atoms in total. The normalized spacial score (nSPS) is 18.2. The van der Waals surface area contributed by atoms with Crippen molar-refractivity contribution < 1.29 is 9.59 Å². The maximum Gasteiger partial charge on any atom is 0.251 e. The van der Waals surface area contributed by atoms with E-state index in [0.29, 0.717) is 11.6 Å². The van der Waals surface area contributed by atoms with Gasteiger partial charge in [-0.15, -0.1) is 0 Å². The molecule has 1 aromatic rings. The van der Waals surface area contributed by atoms with Gasteiger partial charge >= 0.3 is 0 Å². The maximum atomic E-state index is 12.1. The van der Waals surface area contributed by atoms with E-state index in [-0.39, 0.29) is 11.8 Å². The molecule has 1 heterocycles. The van der Waals surface area contributed by atoms with Crippen LogP contribution in [0.3, 0.4) is 0 Å².